The summed E-state index contributed by atoms with van der Waals surface area (Å²) >= 11 is 0. The number of ketones is 1. The van der Waals surface area contributed by atoms with E-state index in [1.165, 1.54) is 0 Å². The Kier molecular flexibility index (Phi) is 9.34. The van der Waals surface area contributed by atoms with Gasteiger partial charge in [0.2, 0.25) is 0 Å². The molecule has 1 atom stereocenters. The third-order valence-electron chi connectivity index (χ3n) is 1.68. The Morgan fingerprint density at radius 3 is 2.64 bits per heavy atom. The van der Waals surface area contributed by atoms with Crippen molar-refractivity contribution in [2.45, 2.75) is 12.8 Å². The van der Waals surface area contributed by atoms with Gasteiger partial charge in [0.05, 0.1) is 0 Å². The Labute approximate surface area is 94.4 Å². The number of hydrogen-bond acceptors (Lipinski definition) is 2. The van der Waals surface area contributed by atoms with Crippen LogP contribution >= 0.6 is 0 Å². The minimum absolute atomic E-state index is 0. The molecule has 2 nitrogen and oxygen atoms in total. The predicted molar refractivity (Wildman–Crippen MR) is 42.4 cm³/mol. The van der Waals surface area contributed by atoms with Crippen molar-refractivity contribution in [2.24, 2.45) is 5.92 Å². The molecule has 0 bridgehead atoms. The smallest absolute Gasteiger partial charge is 0 e. The first kappa shape index (κ1) is 14.1. The summed E-state index contributed by atoms with van der Waals surface area (Å²) in [4.78, 5) is 10.5. The molecule has 0 aliphatic carbocycles. The van der Waals surface area contributed by atoms with E-state index in [2.05, 4.69) is 12.2 Å². The minimum Gasteiger partial charge on any atom is -0.358 e. The average Bonchev–Trinajstić information content (AvgIpc) is 2.15. The zero-order valence-electron chi connectivity index (χ0n) is 7.10. The van der Waals surface area contributed by atoms with Crippen LogP contribution in [0.15, 0.2) is 0 Å². The van der Waals surface area contributed by atoms with Crippen molar-refractivity contribution in [1.29, 1.82) is 0 Å². The predicted octanol–water partition coefficient (Wildman–Crippen LogP) is 0.837. The number of Topliss-reactive ketones (excluding diaryl/α,β-unsaturated/α-hetero) is 1. The maximum absolute atomic E-state index is 10.5. The zero-order chi connectivity index (χ0) is 6.69. The molecule has 1 fully saturated rings. The number of carbonyl (C=O) groups excluding carboxylic acids is 1. The van der Waals surface area contributed by atoms with Gasteiger partial charge < -0.3 is 24.5 Å². The SMILES string of the molecule is [CH2-]C(=O)CC1CCNC1.[CH3-].[Y]. The van der Waals surface area contributed by atoms with Gasteiger partial charge in [0.25, 0.3) is 0 Å². The van der Waals surface area contributed by atoms with E-state index in [0.717, 1.165) is 19.5 Å². The second kappa shape index (κ2) is 7.26. The Morgan fingerprint density at radius 2 is 2.27 bits per heavy atom. The first-order valence-electron chi connectivity index (χ1n) is 3.34. The van der Waals surface area contributed by atoms with Crippen LogP contribution in [0.4, 0.5) is 0 Å². The molecular weight excluding hydrogens is 215 g/mol. The molecule has 1 heterocycles. The fourth-order valence-corrected chi connectivity index (χ4v) is 1.21. The minimum atomic E-state index is 0. The van der Waals surface area contributed by atoms with Gasteiger partial charge in [-0.2, -0.15) is 0 Å². The third-order valence-corrected chi connectivity index (χ3v) is 1.68. The van der Waals surface area contributed by atoms with Crippen molar-refractivity contribution in [2.75, 3.05) is 13.1 Å². The quantitative estimate of drug-likeness (QED) is 0.712. The number of rotatable bonds is 2. The molecule has 11 heavy (non-hydrogen) atoms. The molecule has 0 saturated carbocycles. The van der Waals surface area contributed by atoms with Gasteiger partial charge in [-0.25, -0.2) is 0 Å². The summed E-state index contributed by atoms with van der Waals surface area (Å²) < 4.78 is 0. The number of carbonyl (C=O) groups is 1. The fraction of sp³-hybridized carbons (Fsp3) is 0.625. The van der Waals surface area contributed by atoms with Crippen LogP contribution in [0.25, 0.3) is 0 Å². The third kappa shape index (κ3) is 5.83. The molecule has 1 aliphatic rings. The first-order valence-corrected chi connectivity index (χ1v) is 3.34. The summed E-state index contributed by atoms with van der Waals surface area (Å²) in [6.07, 6.45) is 1.80. The van der Waals surface area contributed by atoms with Gasteiger partial charge in [-0.3, -0.25) is 0 Å². The van der Waals surface area contributed by atoms with Crippen LogP contribution in [-0.2, 0) is 37.5 Å². The molecule has 0 aromatic heterocycles. The average molecular weight is 230 g/mol. The molecule has 0 spiro atoms. The van der Waals surface area contributed by atoms with E-state index in [1.54, 1.807) is 0 Å². The second-order valence-corrected chi connectivity index (χ2v) is 2.60. The van der Waals surface area contributed by atoms with Gasteiger partial charge >= 0.3 is 0 Å². The fourth-order valence-electron chi connectivity index (χ4n) is 1.21. The number of nitrogens with one attached hydrogen (secondary N) is 1. The molecule has 1 rings (SSSR count). The van der Waals surface area contributed by atoms with Crippen molar-refractivity contribution in [3.63, 3.8) is 0 Å². The topological polar surface area (TPSA) is 29.1 Å². The molecule has 1 aliphatic heterocycles. The van der Waals surface area contributed by atoms with Crippen molar-refractivity contribution < 1.29 is 37.5 Å². The van der Waals surface area contributed by atoms with Crippen molar-refractivity contribution in [3.05, 3.63) is 14.4 Å². The van der Waals surface area contributed by atoms with Crippen LogP contribution in [0.2, 0.25) is 0 Å². The maximum Gasteiger partial charge on any atom is 0 e. The van der Waals surface area contributed by atoms with Crippen LogP contribution in [0.3, 0.4) is 0 Å². The Balaban J connectivity index is 0. The zero-order valence-corrected chi connectivity index (χ0v) is 9.94. The van der Waals surface area contributed by atoms with E-state index in [-0.39, 0.29) is 45.9 Å². The van der Waals surface area contributed by atoms with E-state index in [1.807, 2.05) is 0 Å². The van der Waals surface area contributed by atoms with Gasteiger partial charge in [0.15, 0.2) is 0 Å². The molecule has 0 aromatic carbocycles. The monoisotopic (exact) mass is 230 g/mol. The molecular formula is C8H15NOY-2. The summed E-state index contributed by atoms with van der Waals surface area (Å²) in [7, 11) is 0. The Bertz CT molecular complexity index is 111. The van der Waals surface area contributed by atoms with Gasteiger partial charge in [0, 0.05) is 32.7 Å². The molecule has 63 valence electrons. The maximum atomic E-state index is 10.5. The van der Waals surface area contributed by atoms with Gasteiger partial charge in [-0.05, 0) is 37.6 Å². The van der Waals surface area contributed by atoms with Crippen molar-refractivity contribution in [3.8, 4) is 0 Å². The van der Waals surface area contributed by atoms with Gasteiger partial charge in [0.1, 0.15) is 0 Å². The van der Waals surface area contributed by atoms with Crippen LogP contribution in [0.1, 0.15) is 12.8 Å². The molecule has 1 saturated heterocycles. The van der Waals surface area contributed by atoms with Crippen molar-refractivity contribution in [1.82, 2.24) is 5.32 Å². The largest absolute Gasteiger partial charge is 0.358 e. The standard InChI is InChI=1S/C7H12NO.CH3.Y/c1-6(9)4-7-2-3-8-5-7;;/h7-8H,1-5H2;1H3;/q2*-1;. The first-order chi connectivity index (χ1) is 4.29. The summed E-state index contributed by atoms with van der Waals surface area (Å²) in [5.74, 6) is 0.638. The van der Waals surface area contributed by atoms with Crippen LogP contribution in [-0.4, -0.2) is 18.9 Å². The summed E-state index contributed by atoms with van der Waals surface area (Å²) in [5, 5.41) is 3.20. The summed E-state index contributed by atoms with van der Waals surface area (Å²) in [5.41, 5.74) is 0. The number of hydrogen-bond donors (Lipinski definition) is 1. The van der Waals surface area contributed by atoms with Crippen molar-refractivity contribution >= 4 is 5.78 Å². The molecule has 1 radical (unpaired) electrons. The van der Waals surface area contributed by atoms with E-state index >= 15 is 0 Å². The molecule has 3 heteroatoms. The van der Waals surface area contributed by atoms with Gasteiger partial charge in [-0.15, -0.1) is 0 Å². The van der Waals surface area contributed by atoms with Crippen LogP contribution < -0.4 is 5.32 Å². The van der Waals surface area contributed by atoms with Crippen LogP contribution in [0.5, 0.6) is 0 Å². The molecule has 1 N–H and O–H groups in total. The van der Waals surface area contributed by atoms with Gasteiger partial charge in [-0.1, -0.05) is 0 Å². The molecule has 0 amide bonds. The molecule has 0 aromatic rings. The normalized spacial score (nSPS) is 21.6. The van der Waals surface area contributed by atoms with E-state index in [4.69, 9.17) is 0 Å². The second-order valence-electron chi connectivity index (χ2n) is 2.60. The van der Waals surface area contributed by atoms with E-state index < -0.39 is 0 Å². The van der Waals surface area contributed by atoms with E-state index in [9.17, 15) is 4.79 Å². The van der Waals surface area contributed by atoms with Crippen LogP contribution in [0, 0.1) is 20.3 Å². The Hall–Kier alpha value is 0.604. The summed E-state index contributed by atoms with van der Waals surface area (Å²) in [6.45, 7) is 5.40. The summed E-state index contributed by atoms with van der Waals surface area (Å²) in [6, 6.07) is 0. The van der Waals surface area contributed by atoms with E-state index in [0.29, 0.717) is 12.3 Å². The molecule has 1 unspecified atom stereocenters. The Morgan fingerprint density at radius 1 is 1.64 bits per heavy atom.